The third kappa shape index (κ3) is 4.99. The Balaban J connectivity index is 1.99. The molecule has 0 radical (unpaired) electrons. The fourth-order valence-electron chi connectivity index (χ4n) is 2.29. The van der Waals surface area contributed by atoms with Gasteiger partial charge in [0.05, 0.1) is 13.2 Å². The van der Waals surface area contributed by atoms with Crippen LogP contribution in [0.15, 0.2) is 48.5 Å². The van der Waals surface area contributed by atoms with Gasteiger partial charge in [-0.1, -0.05) is 26.0 Å². The standard InChI is InChI=1S/C19H24N2O3/c1-13(2)12-16(20)19(22)21-14-8-10-15(11-9-14)24-18-7-5-4-6-17(18)23-3/h4-11,13,16H,12,20H2,1-3H3,(H,21,22)/t16-/m0/s1. The van der Waals surface area contributed by atoms with Crippen molar-refractivity contribution in [3.63, 3.8) is 0 Å². The van der Waals surface area contributed by atoms with Gasteiger partial charge in [-0.3, -0.25) is 4.79 Å². The summed E-state index contributed by atoms with van der Waals surface area (Å²) >= 11 is 0. The first kappa shape index (κ1) is 17.8. The molecular weight excluding hydrogens is 304 g/mol. The Hall–Kier alpha value is -2.53. The molecule has 0 unspecified atom stereocenters. The zero-order valence-corrected chi connectivity index (χ0v) is 14.3. The molecule has 24 heavy (non-hydrogen) atoms. The minimum Gasteiger partial charge on any atom is -0.493 e. The van der Waals surface area contributed by atoms with Crippen LogP contribution in [0.2, 0.25) is 0 Å². The molecule has 128 valence electrons. The van der Waals surface area contributed by atoms with E-state index in [1.807, 2.05) is 38.1 Å². The molecule has 1 atom stereocenters. The van der Waals surface area contributed by atoms with Crippen LogP contribution in [0.4, 0.5) is 5.69 Å². The van der Waals surface area contributed by atoms with E-state index in [0.29, 0.717) is 35.3 Å². The van der Waals surface area contributed by atoms with Crippen molar-refractivity contribution in [1.29, 1.82) is 0 Å². The first-order valence-corrected chi connectivity index (χ1v) is 7.97. The van der Waals surface area contributed by atoms with E-state index in [9.17, 15) is 4.79 Å². The van der Waals surface area contributed by atoms with Gasteiger partial charge in [0, 0.05) is 5.69 Å². The van der Waals surface area contributed by atoms with Gasteiger partial charge in [0.1, 0.15) is 5.75 Å². The number of carbonyl (C=O) groups is 1. The highest BCUT2D eigenvalue weighted by atomic mass is 16.5. The molecule has 5 heteroatoms. The zero-order chi connectivity index (χ0) is 17.5. The van der Waals surface area contributed by atoms with E-state index in [4.69, 9.17) is 15.2 Å². The number of ether oxygens (including phenoxy) is 2. The quantitative estimate of drug-likeness (QED) is 0.811. The van der Waals surface area contributed by atoms with Crippen molar-refractivity contribution in [2.24, 2.45) is 11.7 Å². The summed E-state index contributed by atoms with van der Waals surface area (Å²) in [6.07, 6.45) is 0.654. The van der Waals surface area contributed by atoms with Crippen molar-refractivity contribution in [2.75, 3.05) is 12.4 Å². The van der Waals surface area contributed by atoms with E-state index < -0.39 is 6.04 Å². The third-order valence-corrected chi connectivity index (χ3v) is 3.48. The number of nitrogens with two attached hydrogens (primary N) is 1. The smallest absolute Gasteiger partial charge is 0.241 e. The molecule has 0 saturated carbocycles. The van der Waals surface area contributed by atoms with Crippen LogP contribution in [0, 0.1) is 5.92 Å². The Bertz CT molecular complexity index is 669. The number of para-hydroxylation sites is 2. The summed E-state index contributed by atoms with van der Waals surface area (Å²) in [7, 11) is 1.60. The predicted octanol–water partition coefficient (Wildman–Crippen LogP) is 3.80. The predicted molar refractivity (Wildman–Crippen MR) is 95.6 cm³/mol. The van der Waals surface area contributed by atoms with Crippen LogP contribution in [0.1, 0.15) is 20.3 Å². The van der Waals surface area contributed by atoms with Gasteiger partial charge >= 0.3 is 0 Å². The van der Waals surface area contributed by atoms with Crippen LogP contribution in [0.5, 0.6) is 17.2 Å². The van der Waals surface area contributed by atoms with Crippen molar-refractivity contribution in [1.82, 2.24) is 0 Å². The summed E-state index contributed by atoms with van der Waals surface area (Å²) in [4.78, 5) is 12.0. The molecule has 0 aliphatic heterocycles. The molecule has 0 spiro atoms. The first-order chi connectivity index (χ1) is 11.5. The summed E-state index contributed by atoms with van der Waals surface area (Å²) in [6, 6.07) is 14.1. The Morgan fingerprint density at radius 2 is 1.71 bits per heavy atom. The van der Waals surface area contributed by atoms with E-state index in [0.717, 1.165) is 0 Å². The molecule has 1 amide bonds. The lowest BCUT2D eigenvalue weighted by molar-refractivity contribution is -0.117. The number of benzene rings is 2. The summed E-state index contributed by atoms with van der Waals surface area (Å²) in [6.45, 7) is 4.08. The topological polar surface area (TPSA) is 73.6 Å². The molecule has 2 rings (SSSR count). The van der Waals surface area contributed by atoms with Gasteiger partial charge in [-0.2, -0.15) is 0 Å². The lowest BCUT2D eigenvalue weighted by Gasteiger charge is -2.14. The van der Waals surface area contributed by atoms with Crippen LogP contribution in [-0.4, -0.2) is 19.1 Å². The lowest BCUT2D eigenvalue weighted by atomic mass is 10.0. The highest BCUT2D eigenvalue weighted by molar-refractivity contribution is 5.94. The monoisotopic (exact) mass is 328 g/mol. The minimum absolute atomic E-state index is 0.179. The Morgan fingerprint density at radius 1 is 1.08 bits per heavy atom. The molecule has 2 aromatic rings. The number of amides is 1. The number of hydrogen-bond acceptors (Lipinski definition) is 4. The summed E-state index contributed by atoms with van der Waals surface area (Å²) in [5, 5.41) is 2.82. The molecule has 0 bridgehead atoms. The maximum atomic E-state index is 12.0. The van der Waals surface area contributed by atoms with Crippen molar-refractivity contribution in [3.8, 4) is 17.2 Å². The van der Waals surface area contributed by atoms with Gasteiger partial charge in [-0.05, 0) is 48.7 Å². The number of nitrogens with one attached hydrogen (secondary N) is 1. The fourth-order valence-corrected chi connectivity index (χ4v) is 2.29. The Kier molecular flexibility index (Phi) is 6.21. The largest absolute Gasteiger partial charge is 0.493 e. The third-order valence-electron chi connectivity index (χ3n) is 3.48. The van der Waals surface area contributed by atoms with Gasteiger partial charge in [-0.25, -0.2) is 0 Å². The molecule has 3 N–H and O–H groups in total. The molecule has 0 heterocycles. The Labute approximate surface area is 142 Å². The average Bonchev–Trinajstić information content (AvgIpc) is 2.56. The van der Waals surface area contributed by atoms with Gasteiger partial charge in [-0.15, -0.1) is 0 Å². The van der Waals surface area contributed by atoms with Gasteiger partial charge < -0.3 is 20.5 Å². The second-order valence-electron chi connectivity index (χ2n) is 6.00. The first-order valence-electron chi connectivity index (χ1n) is 7.97. The van der Waals surface area contributed by atoms with Crippen molar-refractivity contribution in [2.45, 2.75) is 26.3 Å². The van der Waals surface area contributed by atoms with E-state index in [-0.39, 0.29) is 5.91 Å². The molecule has 0 aliphatic rings. The highest BCUT2D eigenvalue weighted by Gasteiger charge is 2.15. The average molecular weight is 328 g/mol. The molecule has 0 saturated heterocycles. The molecular formula is C19H24N2O3. The Morgan fingerprint density at radius 3 is 2.29 bits per heavy atom. The molecule has 0 fully saturated rings. The van der Waals surface area contributed by atoms with E-state index in [2.05, 4.69) is 5.32 Å². The summed E-state index contributed by atoms with van der Waals surface area (Å²) in [5.41, 5.74) is 6.57. The second kappa shape index (κ2) is 8.36. The van der Waals surface area contributed by atoms with Crippen molar-refractivity contribution < 1.29 is 14.3 Å². The number of rotatable bonds is 7. The van der Waals surface area contributed by atoms with Crippen LogP contribution in [-0.2, 0) is 4.79 Å². The fraction of sp³-hybridized carbons (Fsp3) is 0.316. The SMILES string of the molecule is COc1ccccc1Oc1ccc(NC(=O)[C@@H](N)CC(C)C)cc1. The second-order valence-corrected chi connectivity index (χ2v) is 6.00. The molecule has 0 aliphatic carbocycles. The van der Waals surface area contributed by atoms with E-state index in [1.165, 1.54) is 0 Å². The van der Waals surface area contributed by atoms with Crippen molar-refractivity contribution >= 4 is 11.6 Å². The number of hydrogen-bond donors (Lipinski definition) is 2. The maximum Gasteiger partial charge on any atom is 0.241 e. The highest BCUT2D eigenvalue weighted by Crippen LogP contribution is 2.31. The summed E-state index contributed by atoms with van der Waals surface area (Å²) in [5.74, 6) is 2.15. The molecule has 0 aromatic heterocycles. The van der Waals surface area contributed by atoms with Crippen LogP contribution < -0.4 is 20.5 Å². The van der Waals surface area contributed by atoms with Crippen LogP contribution >= 0.6 is 0 Å². The van der Waals surface area contributed by atoms with Crippen molar-refractivity contribution in [3.05, 3.63) is 48.5 Å². The maximum absolute atomic E-state index is 12.0. The molecule has 5 nitrogen and oxygen atoms in total. The van der Waals surface area contributed by atoms with Crippen LogP contribution in [0.25, 0.3) is 0 Å². The van der Waals surface area contributed by atoms with Gasteiger partial charge in [0.2, 0.25) is 5.91 Å². The normalized spacial score (nSPS) is 11.9. The number of anilines is 1. The zero-order valence-electron chi connectivity index (χ0n) is 14.3. The minimum atomic E-state index is -0.505. The summed E-state index contributed by atoms with van der Waals surface area (Å²) < 4.78 is 11.1. The van der Waals surface area contributed by atoms with Crippen LogP contribution in [0.3, 0.4) is 0 Å². The number of carbonyl (C=O) groups excluding carboxylic acids is 1. The van der Waals surface area contributed by atoms with E-state index in [1.54, 1.807) is 31.4 Å². The molecule has 2 aromatic carbocycles. The van der Waals surface area contributed by atoms with Gasteiger partial charge in [0.15, 0.2) is 11.5 Å². The number of methoxy groups -OCH3 is 1. The lowest BCUT2D eigenvalue weighted by Crippen LogP contribution is -2.36. The van der Waals surface area contributed by atoms with E-state index >= 15 is 0 Å². The van der Waals surface area contributed by atoms with Gasteiger partial charge in [0.25, 0.3) is 0 Å².